The van der Waals surface area contributed by atoms with E-state index in [2.05, 4.69) is 5.32 Å². The van der Waals surface area contributed by atoms with Crippen LogP contribution in [0.2, 0.25) is 0 Å². The summed E-state index contributed by atoms with van der Waals surface area (Å²) in [6.45, 7) is 0.159. The van der Waals surface area contributed by atoms with Crippen LogP contribution >= 0.6 is 0 Å². The molecule has 0 unspecified atom stereocenters. The van der Waals surface area contributed by atoms with Gasteiger partial charge in [0.15, 0.2) is 11.5 Å². The number of carbonyl (C=O) groups excluding carboxylic acids is 2. The Balaban J connectivity index is 1.34. The Labute approximate surface area is 214 Å². The Bertz CT molecular complexity index is 1430. The van der Waals surface area contributed by atoms with E-state index in [-0.39, 0.29) is 24.5 Å². The molecule has 0 spiro atoms. The zero-order valence-corrected chi connectivity index (χ0v) is 20.1. The number of hydrogen-bond acceptors (Lipinski definition) is 6. The molecule has 186 valence electrons. The molecule has 0 aliphatic carbocycles. The molecule has 0 saturated heterocycles. The average molecular weight is 496 g/mol. The molecular weight excluding hydrogens is 470 g/mol. The first-order valence-corrected chi connectivity index (χ1v) is 11.8. The first-order chi connectivity index (χ1) is 18.0. The number of aromatic hydroxyl groups is 1. The fourth-order valence-corrected chi connectivity index (χ4v) is 4.24. The molecule has 2 N–H and O–H groups in total. The summed E-state index contributed by atoms with van der Waals surface area (Å²) in [5, 5.41) is 13.1. The normalized spacial score (nSPS) is 12.6. The smallest absolute Gasteiger partial charge is 0.328 e. The van der Waals surface area contributed by atoms with Gasteiger partial charge in [-0.25, -0.2) is 4.79 Å². The molecule has 7 heteroatoms. The lowest BCUT2D eigenvalue weighted by Gasteiger charge is -2.18. The summed E-state index contributed by atoms with van der Waals surface area (Å²) in [5.74, 6) is -0.0973. The van der Waals surface area contributed by atoms with Gasteiger partial charge in [-0.15, -0.1) is 0 Å². The SMILES string of the molecule is COC(=O)[C@H](Cc1ccc(-c2ccccc2)cc1)NC(=O)c1cc(-c2ccc3c(c2)OCO3)ccc1O. The van der Waals surface area contributed by atoms with Crippen molar-refractivity contribution in [1.82, 2.24) is 5.32 Å². The van der Waals surface area contributed by atoms with Crippen LogP contribution in [0.5, 0.6) is 17.2 Å². The third-order valence-electron chi connectivity index (χ3n) is 6.24. The number of phenolic OH excluding ortho intramolecular Hbond substituents is 1. The average Bonchev–Trinajstić information content (AvgIpc) is 3.41. The lowest BCUT2D eigenvalue weighted by molar-refractivity contribution is -0.142. The summed E-state index contributed by atoms with van der Waals surface area (Å²) in [4.78, 5) is 25.7. The van der Waals surface area contributed by atoms with Crippen LogP contribution in [0.3, 0.4) is 0 Å². The highest BCUT2D eigenvalue weighted by Crippen LogP contribution is 2.36. The Kier molecular flexibility index (Phi) is 6.76. The minimum absolute atomic E-state index is 0.0449. The number of hydrogen-bond donors (Lipinski definition) is 2. The van der Waals surface area contributed by atoms with E-state index in [0.29, 0.717) is 17.1 Å². The number of fused-ring (bicyclic) bond motifs is 1. The molecule has 1 heterocycles. The van der Waals surface area contributed by atoms with Crippen molar-refractivity contribution in [2.75, 3.05) is 13.9 Å². The molecule has 0 radical (unpaired) electrons. The first-order valence-electron chi connectivity index (χ1n) is 11.8. The van der Waals surface area contributed by atoms with Crippen LogP contribution in [0.25, 0.3) is 22.3 Å². The molecule has 4 aromatic rings. The van der Waals surface area contributed by atoms with Crippen molar-refractivity contribution in [1.29, 1.82) is 0 Å². The first kappa shape index (κ1) is 23.9. The monoisotopic (exact) mass is 495 g/mol. The zero-order valence-electron chi connectivity index (χ0n) is 20.1. The molecule has 1 aliphatic heterocycles. The molecule has 0 aromatic heterocycles. The van der Waals surface area contributed by atoms with Crippen LogP contribution in [0.4, 0.5) is 0 Å². The van der Waals surface area contributed by atoms with Gasteiger partial charge in [-0.3, -0.25) is 4.79 Å². The second kappa shape index (κ2) is 10.5. The van der Waals surface area contributed by atoms with E-state index in [1.54, 1.807) is 18.2 Å². The van der Waals surface area contributed by atoms with E-state index in [4.69, 9.17) is 14.2 Å². The van der Waals surface area contributed by atoms with Crippen LogP contribution < -0.4 is 14.8 Å². The molecule has 0 bridgehead atoms. The summed E-state index contributed by atoms with van der Waals surface area (Å²) in [6, 6.07) is 27.0. The molecule has 0 fully saturated rings. The Morgan fingerprint density at radius 1 is 0.838 bits per heavy atom. The van der Waals surface area contributed by atoms with Gasteiger partial charge in [-0.1, -0.05) is 66.7 Å². The highest BCUT2D eigenvalue weighted by Gasteiger charge is 2.24. The topological polar surface area (TPSA) is 94.1 Å². The summed E-state index contributed by atoms with van der Waals surface area (Å²) >= 11 is 0. The molecule has 7 nitrogen and oxygen atoms in total. The van der Waals surface area contributed by atoms with Crippen molar-refractivity contribution in [3.8, 4) is 39.5 Å². The molecular formula is C30H25NO6. The maximum Gasteiger partial charge on any atom is 0.328 e. The van der Waals surface area contributed by atoms with Crippen molar-refractivity contribution in [3.63, 3.8) is 0 Å². The Morgan fingerprint density at radius 2 is 1.49 bits per heavy atom. The van der Waals surface area contributed by atoms with Gasteiger partial charge in [-0.2, -0.15) is 0 Å². The number of carbonyl (C=O) groups is 2. The Morgan fingerprint density at radius 3 is 2.24 bits per heavy atom. The van der Waals surface area contributed by atoms with Gasteiger partial charge in [0, 0.05) is 6.42 Å². The number of amides is 1. The predicted octanol–water partition coefficient (Wildman–Crippen LogP) is 4.97. The van der Waals surface area contributed by atoms with Gasteiger partial charge in [0.1, 0.15) is 11.8 Å². The second-order valence-electron chi connectivity index (χ2n) is 8.62. The number of ether oxygens (including phenoxy) is 3. The molecule has 4 aromatic carbocycles. The largest absolute Gasteiger partial charge is 0.507 e. The van der Waals surface area contributed by atoms with Crippen LogP contribution in [-0.2, 0) is 16.0 Å². The Hall–Kier alpha value is -4.78. The second-order valence-corrected chi connectivity index (χ2v) is 8.62. The van der Waals surface area contributed by atoms with Gasteiger partial charge in [0.05, 0.1) is 12.7 Å². The molecule has 1 amide bonds. The van der Waals surface area contributed by atoms with Gasteiger partial charge in [0.25, 0.3) is 5.91 Å². The minimum Gasteiger partial charge on any atom is -0.507 e. The quantitative estimate of drug-likeness (QED) is 0.352. The highest BCUT2D eigenvalue weighted by molar-refractivity contribution is 6.00. The molecule has 0 saturated carbocycles. The summed E-state index contributed by atoms with van der Waals surface area (Å²) in [6.07, 6.45) is 0.232. The third kappa shape index (κ3) is 5.26. The van der Waals surface area contributed by atoms with Crippen molar-refractivity contribution in [2.24, 2.45) is 0 Å². The van der Waals surface area contributed by atoms with Gasteiger partial charge < -0.3 is 24.6 Å². The maximum atomic E-state index is 13.2. The van der Waals surface area contributed by atoms with E-state index < -0.39 is 17.9 Å². The lowest BCUT2D eigenvalue weighted by atomic mass is 9.99. The van der Waals surface area contributed by atoms with Gasteiger partial charge >= 0.3 is 5.97 Å². The van der Waals surface area contributed by atoms with E-state index in [1.807, 2.05) is 66.7 Å². The van der Waals surface area contributed by atoms with E-state index in [0.717, 1.165) is 22.3 Å². The zero-order chi connectivity index (χ0) is 25.8. The maximum absolute atomic E-state index is 13.2. The van der Waals surface area contributed by atoms with Crippen molar-refractivity contribution >= 4 is 11.9 Å². The van der Waals surface area contributed by atoms with Gasteiger partial charge in [-0.05, 0) is 52.1 Å². The third-order valence-corrected chi connectivity index (χ3v) is 6.24. The van der Waals surface area contributed by atoms with Crippen molar-refractivity contribution in [2.45, 2.75) is 12.5 Å². The molecule has 1 atom stereocenters. The number of nitrogens with one attached hydrogen (secondary N) is 1. The van der Waals surface area contributed by atoms with Crippen LogP contribution in [0.15, 0.2) is 91.0 Å². The molecule has 5 rings (SSSR count). The van der Waals surface area contributed by atoms with Gasteiger partial charge in [0.2, 0.25) is 6.79 Å². The lowest BCUT2D eigenvalue weighted by Crippen LogP contribution is -2.43. The van der Waals surface area contributed by atoms with E-state index >= 15 is 0 Å². The number of benzene rings is 4. The highest BCUT2D eigenvalue weighted by atomic mass is 16.7. The minimum atomic E-state index is -0.936. The van der Waals surface area contributed by atoms with Crippen molar-refractivity contribution in [3.05, 3.63) is 102 Å². The van der Waals surface area contributed by atoms with Crippen LogP contribution in [0.1, 0.15) is 15.9 Å². The molecule has 1 aliphatic rings. The number of rotatable bonds is 7. The van der Waals surface area contributed by atoms with Crippen LogP contribution in [0, 0.1) is 0 Å². The number of phenols is 1. The number of esters is 1. The standard InChI is InChI=1S/C30H25NO6/c1-35-30(34)25(15-19-7-9-21(10-8-19)20-5-3-2-4-6-20)31-29(33)24-16-22(11-13-26(24)32)23-12-14-27-28(17-23)37-18-36-27/h2-14,16-17,25,32H,15,18H2,1H3,(H,31,33)/t25-/m0/s1. The molecule has 37 heavy (non-hydrogen) atoms. The predicted molar refractivity (Wildman–Crippen MR) is 139 cm³/mol. The van der Waals surface area contributed by atoms with Crippen LogP contribution in [-0.4, -0.2) is 36.9 Å². The summed E-state index contributed by atoms with van der Waals surface area (Å²) in [5.41, 5.74) is 4.53. The fraction of sp³-hybridized carbons (Fsp3) is 0.133. The summed E-state index contributed by atoms with van der Waals surface area (Å²) in [7, 11) is 1.28. The van der Waals surface area contributed by atoms with E-state index in [9.17, 15) is 14.7 Å². The number of methoxy groups -OCH3 is 1. The fourth-order valence-electron chi connectivity index (χ4n) is 4.24. The van der Waals surface area contributed by atoms with E-state index in [1.165, 1.54) is 13.2 Å². The van der Waals surface area contributed by atoms with Crippen molar-refractivity contribution < 1.29 is 28.9 Å². The summed E-state index contributed by atoms with van der Waals surface area (Å²) < 4.78 is 15.7.